The van der Waals surface area contributed by atoms with Gasteiger partial charge in [-0.2, -0.15) is 0 Å². The second kappa shape index (κ2) is 5.80. The monoisotopic (exact) mass is 392 g/mol. The summed E-state index contributed by atoms with van der Waals surface area (Å²) in [5, 5.41) is 1.44. The van der Waals surface area contributed by atoms with Crippen LogP contribution in [0.5, 0.6) is 0 Å². The molecule has 20 heavy (non-hydrogen) atoms. The first-order valence-corrected chi connectivity index (χ1v) is 7.81. The third kappa shape index (κ3) is 3.45. The first kappa shape index (κ1) is 16.0. The van der Waals surface area contributed by atoms with Crippen LogP contribution in [0.4, 0.5) is 0 Å². The van der Waals surface area contributed by atoms with E-state index in [1.54, 1.807) is 18.2 Å². The van der Waals surface area contributed by atoms with Gasteiger partial charge in [-0.3, -0.25) is 0 Å². The number of hydrogen-bond donors (Lipinski definition) is 0. The minimum Gasteiger partial charge on any atom is -0.231 e. The lowest BCUT2D eigenvalue weighted by Gasteiger charge is -2.20. The van der Waals surface area contributed by atoms with E-state index < -0.39 is 0 Å². The number of halogens is 4. The molecule has 2 nitrogen and oxygen atoms in total. The van der Waals surface area contributed by atoms with E-state index in [1.165, 1.54) is 0 Å². The van der Waals surface area contributed by atoms with Crippen molar-refractivity contribution >= 4 is 50.7 Å². The SMILES string of the molecule is CC(C)(C)c1nc(-c2cc(Cl)cc(Cl)c2)nc(Cl)c1Br. The molecule has 2 rings (SSSR count). The van der Waals surface area contributed by atoms with E-state index in [1.807, 2.05) is 0 Å². The maximum atomic E-state index is 6.19. The van der Waals surface area contributed by atoms with Crippen molar-refractivity contribution in [1.29, 1.82) is 0 Å². The first-order valence-electron chi connectivity index (χ1n) is 5.88. The van der Waals surface area contributed by atoms with Crippen molar-refractivity contribution < 1.29 is 0 Å². The summed E-state index contributed by atoms with van der Waals surface area (Å²) >= 11 is 21.7. The van der Waals surface area contributed by atoms with Crippen LogP contribution in [0.2, 0.25) is 15.2 Å². The van der Waals surface area contributed by atoms with Gasteiger partial charge in [0.15, 0.2) is 5.82 Å². The van der Waals surface area contributed by atoms with Crippen molar-refractivity contribution in [3.05, 3.63) is 43.6 Å². The van der Waals surface area contributed by atoms with Crippen molar-refractivity contribution in [3.63, 3.8) is 0 Å². The molecule has 0 amide bonds. The van der Waals surface area contributed by atoms with Gasteiger partial charge in [0.25, 0.3) is 0 Å². The van der Waals surface area contributed by atoms with Gasteiger partial charge in [0, 0.05) is 21.0 Å². The number of rotatable bonds is 1. The van der Waals surface area contributed by atoms with Crippen LogP contribution in [0.15, 0.2) is 22.7 Å². The maximum absolute atomic E-state index is 6.19. The van der Waals surface area contributed by atoms with Gasteiger partial charge in [0.1, 0.15) is 5.15 Å². The van der Waals surface area contributed by atoms with E-state index in [0.717, 1.165) is 11.3 Å². The van der Waals surface area contributed by atoms with E-state index in [-0.39, 0.29) is 5.41 Å². The summed E-state index contributed by atoms with van der Waals surface area (Å²) < 4.78 is 0.712. The zero-order valence-electron chi connectivity index (χ0n) is 11.1. The molecule has 1 aromatic carbocycles. The fourth-order valence-corrected chi connectivity index (χ4v) is 3.20. The predicted molar refractivity (Wildman–Crippen MR) is 88.9 cm³/mol. The Morgan fingerprint density at radius 1 is 0.950 bits per heavy atom. The highest BCUT2D eigenvalue weighted by molar-refractivity contribution is 9.10. The highest BCUT2D eigenvalue weighted by atomic mass is 79.9. The molecule has 106 valence electrons. The first-order chi connectivity index (χ1) is 9.18. The van der Waals surface area contributed by atoms with Crippen LogP contribution >= 0.6 is 50.7 Å². The van der Waals surface area contributed by atoms with Crippen LogP contribution in [0.1, 0.15) is 26.5 Å². The fourth-order valence-electron chi connectivity index (χ4n) is 1.73. The molecule has 1 heterocycles. The molecule has 0 fully saturated rings. The molecule has 0 spiro atoms. The van der Waals surface area contributed by atoms with Crippen molar-refractivity contribution in [2.75, 3.05) is 0 Å². The predicted octanol–water partition coefficient (Wildman–Crippen LogP) is 6.16. The Hall–Kier alpha value is -0.350. The molecular weight excluding hydrogens is 382 g/mol. The van der Waals surface area contributed by atoms with Crippen LogP contribution in [-0.2, 0) is 5.41 Å². The Balaban J connectivity index is 2.67. The van der Waals surface area contributed by atoms with E-state index in [0.29, 0.717) is 25.5 Å². The zero-order valence-corrected chi connectivity index (χ0v) is 15.0. The van der Waals surface area contributed by atoms with Gasteiger partial charge in [-0.05, 0) is 34.1 Å². The minimum atomic E-state index is -0.164. The third-order valence-corrected chi connectivity index (χ3v) is 4.33. The molecule has 0 saturated carbocycles. The van der Waals surface area contributed by atoms with Crippen LogP contribution in [-0.4, -0.2) is 9.97 Å². The molecule has 6 heteroatoms. The molecule has 0 saturated heterocycles. The Labute approximate surface area is 141 Å². The van der Waals surface area contributed by atoms with E-state index >= 15 is 0 Å². The lowest BCUT2D eigenvalue weighted by molar-refractivity contribution is 0.564. The molecule has 1 aromatic heterocycles. The number of aromatic nitrogens is 2. The fraction of sp³-hybridized carbons (Fsp3) is 0.286. The molecule has 0 atom stereocenters. The highest BCUT2D eigenvalue weighted by Gasteiger charge is 2.23. The number of hydrogen-bond acceptors (Lipinski definition) is 2. The third-order valence-electron chi connectivity index (χ3n) is 2.64. The second-order valence-corrected chi connectivity index (χ2v) is 7.43. The van der Waals surface area contributed by atoms with Crippen molar-refractivity contribution in [3.8, 4) is 11.4 Å². The topological polar surface area (TPSA) is 25.8 Å². The van der Waals surface area contributed by atoms with E-state index in [4.69, 9.17) is 34.8 Å². The minimum absolute atomic E-state index is 0.164. The zero-order chi connectivity index (χ0) is 15.1. The smallest absolute Gasteiger partial charge is 0.161 e. The molecule has 0 aliphatic carbocycles. The molecule has 0 N–H and O–H groups in total. The Kier molecular flexibility index (Phi) is 4.65. The van der Waals surface area contributed by atoms with Crippen LogP contribution in [0.3, 0.4) is 0 Å². The van der Waals surface area contributed by atoms with Gasteiger partial charge in [-0.15, -0.1) is 0 Å². The van der Waals surface area contributed by atoms with Crippen molar-refractivity contribution in [2.45, 2.75) is 26.2 Å². The summed E-state index contributed by atoms with van der Waals surface area (Å²) in [6.45, 7) is 6.18. The van der Waals surface area contributed by atoms with Gasteiger partial charge in [-0.25, -0.2) is 9.97 Å². The van der Waals surface area contributed by atoms with Gasteiger partial charge in [0.2, 0.25) is 0 Å². The molecule has 0 unspecified atom stereocenters. The summed E-state index contributed by atoms with van der Waals surface area (Å²) in [4.78, 5) is 8.89. The summed E-state index contributed by atoms with van der Waals surface area (Å²) in [6, 6.07) is 5.19. The van der Waals surface area contributed by atoms with Crippen LogP contribution in [0.25, 0.3) is 11.4 Å². The second-order valence-electron chi connectivity index (χ2n) is 5.41. The number of benzene rings is 1. The summed E-state index contributed by atoms with van der Waals surface area (Å²) in [5.41, 5.74) is 1.41. The summed E-state index contributed by atoms with van der Waals surface area (Å²) in [6.07, 6.45) is 0. The van der Waals surface area contributed by atoms with Crippen molar-refractivity contribution in [2.24, 2.45) is 0 Å². The Morgan fingerprint density at radius 2 is 1.50 bits per heavy atom. The molecule has 0 radical (unpaired) electrons. The van der Waals surface area contributed by atoms with E-state index in [2.05, 4.69) is 46.7 Å². The van der Waals surface area contributed by atoms with Gasteiger partial charge >= 0.3 is 0 Å². The van der Waals surface area contributed by atoms with Crippen LogP contribution < -0.4 is 0 Å². The average molecular weight is 395 g/mol. The Morgan fingerprint density at radius 3 is 2.00 bits per heavy atom. The largest absolute Gasteiger partial charge is 0.231 e. The molecule has 0 aliphatic rings. The standard InChI is InChI=1S/C14H12BrCl3N2/c1-14(2,3)11-10(15)12(18)20-13(19-11)7-4-8(16)6-9(17)5-7/h4-6H,1-3H3. The summed E-state index contributed by atoms with van der Waals surface area (Å²) in [5.74, 6) is 0.507. The lowest BCUT2D eigenvalue weighted by atomic mass is 9.92. The molecule has 2 aromatic rings. The maximum Gasteiger partial charge on any atom is 0.161 e. The average Bonchev–Trinajstić information content (AvgIpc) is 2.29. The quantitative estimate of drug-likeness (QED) is 0.541. The number of nitrogens with zero attached hydrogens (tertiary/aromatic N) is 2. The lowest BCUT2D eigenvalue weighted by Crippen LogP contribution is -2.16. The van der Waals surface area contributed by atoms with Crippen molar-refractivity contribution in [1.82, 2.24) is 9.97 Å². The van der Waals surface area contributed by atoms with Gasteiger partial charge in [0.05, 0.1) is 10.2 Å². The highest BCUT2D eigenvalue weighted by Crippen LogP contribution is 2.35. The molecule has 0 aliphatic heterocycles. The van der Waals surface area contributed by atoms with Gasteiger partial charge < -0.3 is 0 Å². The van der Waals surface area contributed by atoms with E-state index in [9.17, 15) is 0 Å². The Bertz CT molecular complexity index is 646. The normalized spacial score (nSPS) is 11.8. The molecule has 0 bridgehead atoms. The molecular formula is C14H12BrCl3N2. The summed E-state index contributed by atoms with van der Waals surface area (Å²) in [7, 11) is 0. The van der Waals surface area contributed by atoms with Gasteiger partial charge in [-0.1, -0.05) is 55.6 Å². The van der Waals surface area contributed by atoms with Crippen LogP contribution in [0, 0.1) is 0 Å².